The molecular weight excluding hydrogens is 300 g/mol. The van der Waals surface area contributed by atoms with E-state index in [-0.39, 0.29) is 0 Å². The van der Waals surface area contributed by atoms with Crippen LogP contribution >= 0.6 is 0 Å². The van der Waals surface area contributed by atoms with E-state index in [1.165, 1.54) is 69.3 Å². The maximum atomic E-state index is 5.52. The van der Waals surface area contributed by atoms with Gasteiger partial charge in [-0.3, -0.25) is 14.9 Å². The second-order valence-electron chi connectivity index (χ2n) is 7.82. The van der Waals surface area contributed by atoms with Gasteiger partial charge in [0.05, 0.1) is 19.4 Å². The molecule has 4 rings (SSSR count). The number of hydrogen-bond acceptors (Lipinski definition) is 4. The quantitative estimate of drug-likeness (QED) is 0.921. The Labute approximate surface area is 145 Å². The minimum Gasteiger partial charge on any atom is -0.379 e. The number of rotatable bonds is 4. The molecule has 24 heavy (non-hydrogen) atoms. The molecule has 3 fully saturated rings. The second-order valence-corrected chi connectivity index (χ2v) is 7.82. The van der Waals surface area contributed by atoms with E-state index in [4.69, 9.17) is 4.74 Å². The van der Waals surface area contributed by atoms with E-state index in [2.05, 4.69) is 26.2 Å². The number of likely N-dealkylation sites (tertiary alicyclic amines) is 1. The molecule has 3 heterocycles. The van der Waals surface area contributed by atoms with E-state index < -0.39 is 0 Å². The Kier molecular flexibility index (Phi) is 5.50. The van der Waals surface area contributed by atoms with Crippen molar-refractivity contribution in [2.75, 3.05) is 39.4 Å². The minimum absolute atomic E-state index is 0.715. The van der Waals surface area contributed by atoms with Crippen molar-refractivity contribution in [2.45, 2.75) is 63.5 Å². The SMILES string of the molecule is c1n[nH]c(C2CCCCC2)c1CN1CCCC(N2CCOCC2)C1. The summed E-state index contributed by atoms with van der Waals surface area (Å²) in [5.74, 6) is 0.719. The monoisotopic (exact) mass is 332 g/mol. The molecule has 5 heteroatoms. The normalized spacial score (nSPS) is 28.2. The third-order valence-electron chi connectivity index (χ3n) is 6.20. The van der Waals surface area contributed by atoms with Crippen LogP contribution in [0.25, 0.3) is 0 Å². The molecule has 1 atom stereocenters. The molecule has 0 aromatic carbocycles. The molecule has 1 saturated carbocycles. The number of morpholine rings is 1. The van der Waals surface area contributed by atoms with E-state index in [0.29, 0.717) is 6.04 Å². The summed E-state index contributed by atoms with van der Waals surface area (Å²) in [4.78, 5) is 5.30. The maximum absolute atomic E-state index is 5.52. The van der Waals surface area contributed by atoms with E-state index in [0.717, 1.165) is 38.8 Å². The van der Waals surface area contributed by atoms with Crippen LogP contribution in [0.1, 0.15) is 62.1 Å². The van der Waals surface area contributed by atoms with Crippen LogP contribution in [0.3, 0.4) is 0 Å². The average Bonchev–Trinajstić information content (AvgIpc) is 3.11. The van der Waals surface area contributed by atoms with Gasteiger partial charge in [-0.05, 0) is 32.2 Å². The van der Waals surface area contributed by atoms with Gasteiger partial charge in [0.1, 0.15) is 0 Å². The van der Waals surface area contributed by atoms with Gasteiger partial charge in [0.2, 0.25) is 0 Å². The van der Waals surface area contributed by atoms with E-state index in [1.807, 2.05) is 0 Å². The van der Waals surface area contributed by atoms with Gasteiger partial charge in [0.25, 0.3) is 0 Å². The molecule has 1 aromatic heterocycles. The number of aromatic amines is 1. The molecular formula is C19H32N4O. The van der Waals surface area contributed by atoms with Gasteiger partial charge >= 0.3 is 0 Å². The molecule has 1 aromatic rings. The standard InChI is InChI=1S/C19H32N4O/c1-2-5-16(6-3-1)19-17(13-20-21-19)14-22-8-4-7-18(15-22)23-9-11-24-12-10-23/h13,16,18H,1-12,14-15H2,(H,20,21). The fraction of sp³-hybridized carbons (Fsp3) is 0.842. The summed E-state index contributed by atoms with van der Waals surface area (Å²) in [6, 6.07) is 0.715. The lowest BCUT2D eigenvalue weighted by atomic mass is 9.85. The van der Waals surface area contributed by atoms with Crippen LogP contribution in [0.5, 0.6) is 0 Å². The second kappa shape index (κ2) is 7.98. The van der Waals surface area contributed by atoms with Crippen molar-refractivity contribution in [3.63, 3.8) is 0 Å². The highest BCUT2D eigenvalue weighted by Crippen LogP contribution is 2.33. The van der Waals surface area contributed by atoms with Crippen molar-refractivity contribution in [3.8, 4) is 0 Å². The van der Waals surface area contributed by atoms with E-state index in [9.17, 15) is 0 Å². The van der Waals surface area contributed by atoms with Crippen LogP contribution in [-0.4, -0.2) is 65.4 Å². The first-order valence-electron chi connectivity index (χ1n) is 9.96. The zero-order valence-electron chi connectivity index (χ0n) is 14.9. The molecule has 2 saturated heterocycles. The van der Waals surface area contributed by atoms with Crippen LogP contribution in [0.4, 0.5) is 0 Å². The van der Waals surface area contributed by atoms with Crippen molar-refractivity contribution >= 4 is 0 Å². The Balaban J connectivity index is 1.37. The smallest absolute Gasteiger partial charge is 0.0594 e. The molecule has 2 aliphatic heterocycles. The van der Waals surface area contributed by atoms with Crippen LogP contribution < -0.4 is 0 Å². The zero-order chi connectivity index (χ0) is 16.2. The van der Waals surface area contributed by atoms with Gasteiger partial charge in [-0.2, -0.15) is 5.10 Å². The average molecular weight is 332 g/mol. The van der Waals surface area contributed by atoms with Gasteiger partial charge in [0.15, 0.2) is 0 Å². The Morgan fingerprint density at radius 2 is 1.88 bits per heavy atom. The van der Waals surface area contributed by atoms with Crippen molar-refractivity contribution in [1.29, 1.82) is 0 Å². The van der Waals surface area contributed by atoms with Crippen molar-refractivity contribution in [3.05, 3.63) is 17.5 Å². The number of piperidine rings is 1. The summed E-state index contributed by atoms with van der Waals surface area (Å²) in [7, 11) is 0. The Bertz CT molecular complexity index is 505. The van der Waals surface area contributed by atoms with Crippen LogP contribution in [0.15, 0.2) is 6.20 Å². The fourth-order valence-electron chi connectivity index (χ4n) is 4.85. The molecule has 1 unspecified atom stereocenters. The third-order valence-corrected chi connectivity index (χ3v) is 6.20. The first-order chi connectivity index (χ1) is 11.9. The largest absolute Gasteiger partial charge is 0.379 e. The summed E-state index contributed by atoms with van der Waals surface area (Å²) < 4.78 is 5.52. The van der Waals surface area contributed by atoms with Crippen LogP contribution in [-0.2, 0) is 11.3 Å². The summed E-state index contributed by atoms with van der Waals surface area (Å²) in [6.07, 6.45) is 11.6. The molecule has 5 nitrogen and oxygen atoms in total. The predicted molar refractivity (Wildman–Crippen MR) is 95.1 cm³/mol. The number of H-pyrrole nitrogens is 1. The van der Waals surface area contributed by atoms with Crippen molar-refractivity contribution in [2.24, 2.45) is 0 Å². The number of nitrogens with one attached hydrogen (secondary N) is 1. The number of hydrogen-bond donors (Lipinski definition) is 1. The molecule has 0 bridgehead atoms. The molecule has 1 N–H and O–H groups in total. The van der Waals surface area contributed by atoms with Gasteiger partial charge in [-0.1, -0.05) is 19.3 Å². The van der Waals surface area contributed by atoms with Gasteiger partial charge in [0, 0.05) is 49.4 Å². The highest BCUT2D eigenvalue weighted by molar-refractivity contribution is 5.21. The number of aromatic nitrogens is 2. The highest BCUT2D eigenvalue weighted by Gasteiger charge is 2.28. The summed E-state index contributed by atoms with van der Waals surface area (Å²) in [5, 5.41) is 7.73. The molecule has 0 spiro atoms. The van der Waals surface area contributed by atoms with Gasteiger partial charge in [-0.25, -0.2) is 0 Å². The summed E-state index contributed by atoms with van der Waals surface area (Å²) >= 11 is 0. The molecule has 0 radical (unpaired) electrons. The molecule has 3 aliphatic rings. The topological polar surface area (TPSA) is 44.4 Å². The fourth-order valence-corrected chi connectivity index (χ4v) is 4.85. The van der Waals surface area contributed by atoms with Crippen molar-refractivity contribution < 1.29 is 4.74 Å². The Morgan fingerprint density at radius 3 is 2.71 bits per heavy atom. The first kappa shape index (κ1) is 16.6. The lowest BCUT2D eigenvalue weighted by Gasteiger charge is -2.41. The van der Waals surface area contributed by atoms with Crippen LogP contribution in [0, 0.1) is 0 Å². The summed E-state index contributed by atoms with van der Waals surface area (Å²) in [5.41, 5.74) is 2.88. The van der Waals surface area contributed by atoms with Gasteiger partial charge < -0.3 is 4.74 Å². The number of nitrogens with zero attached hydrogens (tertiary/aromatic N) is 3. The lowest BCUT2D eigenvalue weighted by Crippen LogP contribution is -2.51. The Hall–Kier alpha value is -0.910. The Morgan fingerprint density at radius 1 is 1.04 bits per heavy atom. The van der Waals surface area contributed by atoms with Crippen LogP contribution in [0.2, 0.25) is 0 Å². The molecule has 0 amide bonds. The lowest BCUT2D eigenvalue weighted by molar-refractivity contribution is -0.00362. The minimum atomic E-state index is 0.715. The van der Waals surface area contributed by atoms with E-state index >= 15 is 0 Å². The first-order valence-corrected chi connectivity index (χ1v) is 9.96. The highest BCUT2D eigenvalue weighted by atomic mass is 16.5. The zero-order valence-corrected chi connectivity index (χ0v) is 14.9. The molecule has 1 aliphatic carbocycles. The molecule has 134 valence electrons. The predicted octanol–water partition coefficient (Wildman–Crippen LogP) is 2.75. The third kappa shape index (κ3) is 3.84. The van der Waals surface area contributed by atoms with Gasteiger partial charge in [-0.15, -0.1) is 0 Å². The number of ether oxygens (including phenoxy) is 1. The summed E-state index contributed by atoms with van der Waals surface area (Å²) in [6.45, 7) is 7.54. The van der Waals surface area contributed by atoms with Crippen molar-refractivity contribution in [1.82, 2.24) is 20.0 Å². The van der Waals surface area contributed by atoms with E-state index in [1.54, 1.807) is 0 Å². The maximum Gasteiger partial charge on any atom is 0.0594 e.